The number of carbonyl (C=O) groups excluding carboxylic acids is 1. The molecule has 1 aromatic rings. The standard InChI is InChI=1S/C12H13ClN2O3/c1-7(12(17)18)9-5-15(6-9)11(16)8-2-3-14-10(13)4-8/h2-4,7,9H,5-6H2,1H3,(H,17,18). The Hall–Kier alpha value is -1.62. The highest BCUT2D eigenvalue weighted by molar-refractivity contribution is 6.29. The van der Waals surface area contributed by atoms with Gasteiger partial charge < -0.3 is 10.0 Å². The first-order valence-electron chi connectivity index (χ1n) is 5.62. The second kappa shape index (κ2) is 4.94. The number of carboxylic acid groups (broad SMARTS) is 1. The van der Waals surface area contributed by atoms with Crippen LogP contribution < -0.4 is 0 Å². The van der Waals surface area contributed by atoms with Crippen molar-refractivity contribution >= 4 is 23.5 Å². The molecule has 1 amide bonds. The Bertz CT molecular complexity index is 486. The zero-order chi connectivity index (χ0) is 13.3. The van der Waals surface area contributed by atoms with Crippen LogP contribution in [0.1, 0.15) is 17.3 Å². The average Bonchev–Trinajstić information content (AvgIpc) is 2.26. The normalized spacial score (nSPS) is 17.1. The Kier molecular flexibility index (Phi) is 3.52. The van der Waals surface area contributed by atoms with E-state index in [9.17, 15) is 9.59 Å². The minimum absolute atomic E-state index is 0.0313. The smallest absolute Gasteiger partial charge is 0.306 e. The molecule has 0 aliphatic carbocycles. The van der Waals surface area contributed by atoms with Crippen LogP contribution in [0.3, 0.4) is 0 Å². The molecule has 0 bridgehead atoms. The topological polar surface area (TPSA) is 70.5 Å². The molecule has 0 spiro atoms. The Morgan fingerprint density at radius 2 is 2.22 bits per heavy atom. The summed E-state index contributed by atoms with van der Waals surface area (Å²) in [5.41, 5.74) is 0.483. The molecule has 1 N–H and O–H groups in total. The van der Waals surface area contributed by atoms with E-state index in [4.69, 9.17) is 16.7 Å². The van der Waals surface area contributed by atoms with E-state index in [1.54, 1.807) is 17.9 Å². The molecule has 2 heterocycles. The number of amides is 1. The molecule has 0 radical (unpaired) electrons. The number of rotatable bonds is 3. The van der Waals surface area contributed by atoms with E-state index < -0.39 is 11.9 Å². The minimum Gasteiger partial charge on any atom is -0.481 e. The van der Waals surface area contributed by atoms with E-state index in [0.717, 1.165) is 0 Å². The van der Waals surface area contributed by atoms with E-state index >= 15 is 0 Å². The van der Waals surface area contributed by atoms with Crippen molar-refractivity contribution in [2.45, 2.75) is 6.92 Å². The Labute approximate surface area is 109 Å². The van der Waals surface area contributed by atoms with Crippen LogP contribution in [-0.4, -0.2) is 40.0 Å². The van der Waals surface area contributed by atoms with Gasteiger partial charge in [0.1, 0.15) is 5.15 Å². The van der Waals surface area contributed by atoms with Crippen LogP contribution in [-0.2, 0) is 4.79 Å². The van der Waals surface area contributed by atoms with Crippen molar-refractivity contribution in [1.82, 2.24) is 9.88 Å². The number of carboxylic acids is 1. The largest absolute Gasteiger partial charge is 0.481 e. The van der Waals surface area contributed by atoms with E-state index in [0.29, 0.717) is 18.7 Å². The van der Waals surface area contributed by atoms with Crippen molar-refractivity contribution in [3.63, 3.8) is 0 Å². The van der Waals surface area contributed by atoms with Crippen molar-refractivity contribution in [3.8, 4) is 0 Å². The summed E-state index contributed by atoms with van der Waals surface area (Å²) in [5.74, 6) is -1.34. The van der Waals surface area contributed by atoms with Gasteiger partial charge in [-0.3, -0.25) is 9.59 Å². The molecule has 96 valence electrons. The lowest BCUT2D eigenvalue weighted by Crippen LogP contribution is -2.53. The summed E-state index contributed by atoms with van der Waals surface area (Å²) in [5, 5.41) is 9.14. The number of hydrogen-bond donors (Lipinski definition) is 1. The number of likely N-dealkylation sites (tertiary alicyclic amines) is 1. The molecule has 2 rings (SSSR count). The van der Waals surface area contributed by atoms with Gasteiger partial charge in [0.2, 0.25) is 0 Å². The van der Waals surface area contributed by atoms with Gasteiger partial charge in [0, 0.05) is 30.8 Å². The van der Waals surface area contributed by atoms with E-state index in [-0.39, 0.29) is 17.0 Å². The van der Waals surface area contributed by atoms with Gasteiger partial charge >= 0.3 is 5.97 Å². The van der Waals surface area contributed by atoms with Crippen LogP contribution >= 0.6 is 11.6 Å². The number of pyridine rings is 1. The second-order valence-electron chi connectivity index (χ2n) is 4.46. The van der Waals surface area contributed by atoms with Gasteiger partial charge in [0.15, 0.2) is 0 Å². The number of hydrogen-bond acceptors (Lipinski definition) is 3. The summed E-state index contributed by atoms with van der Waals surface area (Å²) in [6.07, 6.45) is 1.48. The summed E-state index contributed by atoms with van der Waals surface area (Å²) in [6, 6.07) is 3.11. The van der Waals surface area contributed by atoms with Gasteiger partial charge in [0.25, 0.3) is 5.91 Å². The Balaban J connectivity index is 1.96. The number of aromatic nitrogens is 1. The summed E-state index contributed by atoms with van der Waals surface area (Å²) in [6.45, 7) is 2.62. The van der Waals surface area contributed by atoms with E-state index in [2.05, 4.69) is 4.98 Å². The number of carbonyl (C=O) groups is 2. The van der Waals surface area contributed by atoms with Gasteiger partial charge in [-0.05, 0) is 12.1 Å². The maximum atomic E-state index is 12.0. The minimum atomic E-state index is -0.820. The third-order valence-corrected chi connectivity index (χ3v) is 3.47. The maximum absolute atomic E-state index is 12.0. The molecule has 0 aromatic carbocycles. The predicted molar refractivity (Wildman–Crippen MR) is 65.4 cm³/mol. The summed E-state index contributed by atoms with van der Waals surface area (Å²) in [7, 11) is 0. The molecule has 1 saturated heterocycles. The van der Waals surface area contributed by atoms with Crippen molar-refractivity contribution in [3.05, 3.63) is 29.0 Å². The SMILES string of the molecule is CC(C(=O)O)C1CN(C(=O)c2ccnc(Cl)c2)C1. The highest BCUT2D eigenvalue weighted by Gasteiger charge is 2.37. The Morgan fingerprint density at radius 3 is 2.78 bits per heavy atom. The molecular weight excluding hydrogens is 256 g/mol. The van der Waals surface area contributed by atoms with Crippen LogP contribution in [0.25, 0.3) is 0 Å². The average molecular weight is 269 g/mol. The maximum Gasteiger partial charge on any atom is 0.306 e. The molecule has 1 aliphatic rings. The zero-order valence-corrected chi connectivity index (χ0v) is 10.6. The van der Waals surface area contributed by atoms with Crippen LogP contribution in [0.4, 0.5) is 0 Å². The molecule has 1 atom stereocenters. The van der Waals surface area contributed by atoms with Crippen molar-refractivity contribution in [2.24, 2.45) is 11.8 Å². The zero-order valence-electron chi connectivity index (χ0n) is 9.84. The monoisotopic (exact) mass is 268 g/mol. The first-order valence-corrected chi connectivity index (χ1v) is 6.00. The molecule has 1 aromatic heterocycles. The summed E-state index contributed by atoms with van der Waals surface area (Å²) >= 11 is 5.72. The molecule has 1 aliphatic heterocycles. The molecule has 6 heteroatoms. The van der Waals surface area contributed by atoms with Gasteiger partial charge in [0.05, 0.1) is 5.92 Å². The molecule has 1 unspecified atom stereocenters. The summed E-state index contributed by atoms with van der Waals surface area (Å²) in [4.78, 5) is 28.2. The third-order valence-electron chi connectivity index (χ3n) is 3.27. The number of nitrogens with zero attached hydrogens (tertiary/aromatic N) is 2. The molecule has 0 saturated carbocycles. The van der Waals surface area contributed by atoms with Crippen LogP contribution in [0.2, 0.25) is 5.15 Å². The Morgan fingerprint density at radius 1 is 1.56 bits per heavy atom. The lowest BCUT2D eigenvalue weighted by Gasteiger charge is -2.41. The predicted octanol–water partition coefficient (Wildman–Crippen LogP) is 1.53. The molecule has 1 fully saturated rings. The fourth-order valence-electron chi connectivity index (χ4n) is 1.91. The highest BCUT2D eigenvalue weighted by Crippen LogP contribution is 2.25. The summed E-state index contributed by atoms with van der Waals surface area (Å²) < 4.78 is 0. The lowest BCUT2D eigenvalue weighted by atomic mass is 9.86. The number of halogens is 1. The quantitative estimate of drug-likeness (QED) is 0.844. The van der Waals surface area contributed by atoms with Crippen LogP contribution in [0.5, 0.6) is 0 Å². The molecular formula is C12H13ClN2O3. The van der Waals surface area contributed by atoms with E-state index in [1.807, 2.05) is 0 Å². The van der Waals surface area contributed by atoms with Crippen LogP contribution in [0, 0.1) is 11.8 Å². The van der Waals surface area contributed by atoms with E-state index in [1.165, 1.54) is 12.3 Å². The number of aliphatic carboxylic acids is 1. The van der Waals surface area contributed by atoms with Gasteiger partial charge in [-0.25, -0.2) is 4.98 Å². The first kappa shape index (κ1) is 12.8. The first-order chi connectivity index (χ1) is 8.49. The molecule has 18 heavy (non-hydrogen) atoms. The van der Waals surface area contributed by atoms with Crippen molar-refractivity contribution in [1.29, 1.82) is 0 Å². The van der Waals surface area contributed by atoms with Crippen molar-refractivity contribution < 1.29 is 14.7 Å². The van der Waals surface area contributed by atoms with Crippen LogP contribution in [0.15, 0.2) is 18.3 Å². The van der Waals surface area contributed by atoms with Gasteiger partial charge in [-0.2, -0.15) is 0 Å². The van der Waals surface area contributed by atoms with Gasteiger partial charge in [-0.1, -0.05) is 18.5 Å². The van der Waals surface area contributed by atoms with Gasteiger partial charge in [-0.15, -0.1) is 0 Å². The fourth-order valence-corrected chi connectivity index (χ4v) is 2.09. The third kappa shape index (κ3) is 2.46. The van der Waals surface area contributed by atoms with Crippen molar-refractivity contribution in [2.75, 3.05) is 13.1 Å². The lowest BCUT2D eigenvalue weighted by molar-refractivity contribution is -0.144. The highest BCUT2D eigenvalue weighted by atomic mass is 35.5. The molecule has 5 nitrogen and oxygen atoms in total. The fraction of sp³-hybridized carbons (Fsp3) is 0.417. The second-order valence-corrected chi connectivity index (χ2v) is 4.85.